The van der Waals surface area contributed by atoms with Gasteiger partial charge >= 0.3 is 7.60 Å². The van der Waals surface area contributed by atoms with Gasteiger partial charge in [0.2, 0.25) is 0 Å². The van der Waals surface area contributed by atoms with E-state index in [1.165, 1.54) is 20.5 Å². The van der Waals surface area contributed by atoms with Gasteiger partial charge in [0.05, 0.1) is 10.8 Å². The first-order valence-electron chi connectivity index (χ1n) is 3.87. The number of hydrogen-bond acceptors (Lipinski definition) is 4. The third kappa shape index (κ3) is 3.52. The maximum atomic E-state index is 11.9. The van der Waals surface area contributed by atoms with Gasteiger partial charge in [0.1, 0.15) is 0 Å². The molecule has 82 valence electrons. The molecule has 0 aliphatic heterocycles. The molecule has 0 spiro atoms. The zero-order chi connectivity index (χ0) is 11.4. The number of hydrogen-bond donors (Lipinski definition) is 0. The monoisotopic (exact) mass is 238 g/mol. The molecule has 0 aromatic heterocycles. The molecule has 4 nitrogen and oxygen atoms in total. The van der Waals surface area contributed by atoms with Crippen LogP contribution in [0, 0.1) is 0 Å². The molecule has 0 aliphatic rings. The lowest BCUT2D eigenvalue weighted by atomic mass is 10.4. The average molecular weight is 238 g/mol. The minimum absolute atomic E-state index is 0.0718. The van der Waals surface area contributed by atoms with Gasteiger partial charge in [-0.15, -0.1) is 0 Å². The Morgan fingerprint density at radius 1 is 1.29 bits per heavy atom. The Balaban J connectivity index is 5.58. The van der Waals surface area contributed by atoms with E-state index >= 15 is 0 Å². The van der Waals surface area contributed by atoms with Crippen molar-refractivity contribution in [1.29, 1.82) is 0 Å². The van der Waals surface area contributed by atoms with E-state index < -0.39 is 18.4 Å². The predicted molar refractivity (Wildman–Crippen MR) is 57.6 cm³/mol. The highest BCUT2D eigenvalue weighted by molar-refractivity contribution is 7.97. The summed E-state index contributed by atoms with van der Waals surface area (Å²) in [6, 6.07) is 0. The summed E-state index contributed by atoms with van der Waals surface area (Å²) in [5.41, 5.74) is 3.51. The lowest BCUT2D eigenvalue weighted by Gasteiger charge is -2.13. The average Bonchev–Trinajstić information content (AvgIpc) is 2.12. The molecule has 6 heteroatoms. The van der Waals surface area contributed by atoms with E-state index in [4.69, 9.17) is 9.05 Å². The van der Waals surface area contributed by atoms with E-state index in [0.29, 0.717) is 0 Å². The zero-order valence-corrected chi connectivity index (χ0v) is 10.7. The van der Waals surface area contributed by atoms with Crippen LogP contribution in [0.5, 0.6) is 0 Å². The number of rotatable bonds is 4. The van der Waals surface area contributed by atoms with Gasteiger partial charge in [0.15, 0.2) is 4.65 Å². The zero-order valence-electron chi connectivity index (χ0n) is 8.99. The highest BCUT2D eigenvalue weighted by atomic mass is 32.2. The Morgan fingerprint density at radius 2 is 1.71 bits per heavy atom. The molecule has 14 heavy (non-hydrogen) atoms. The first-order chi connectivity index (χ1) is 6.37. The summed E-state index contributed by atoms with van der Waals surface area (Å²) in [6.07, 6.45) is 1.41. The SMILES string of the molecule is COP(=O)(OC)C(=C=C(C)C)S(C)=O. The van der Waals surface area contributed by atoms with Crippen molar-refractivity contribution < 1.29 is 17.8 Å². The molecule has 0 rings (SSSR count). The van der Waals surface area contributed by atoms with Crippen LogP contribution in [0.4, 0.5) is 0 Å². The fourth-order valence-electron chi connectivity index (χ4n) is 0.752. The normalized spacial score (nSPS) is 13.2. The quantitative estimate of drug-likeness (QED) is 0.557. The highest BCUT2D eigenvalue weighted by Crippen LogP contribution is 2.55. The van der Waals surface area contributed by atoms with Crippen molar-refractivity contribution in [2.45, 2.75) is 13.8 Å². The fourth-order valence-corrected chi connectivity index (χ4v) is 3.65. The van der Waals surface area contributed by atoms with Crippen molar-refractivity contribution in [3.05, 3.63) is 16.0 Å². The molecule has 1 atom stereocenters. The Hall–Kier alpha value is -0.180. The first kappa shape index (κ1) is 13.8. The van der Waals surface area contributed by atoms with Gasteiger partial charge in [-0.1, -0.05) is 5.73 Å². The highest BCUT2D eigenvalue weighted by Gasteiger charge is 2.30. The largest absolute Gasteiger partial charge is 0.377 e. The topological polar surface area (TPSA) is 52.6 Å². The van der Waals surface area contributed by atoms with Crippen LogP contribution in [0.1, 0.15) is 13.8 Å². The van der Waals surface area contributed by atoms with Gasteiger partial charge in [-0.05, 0) is 19.4 Å². The minimum Gasteiger partial charge on any atom is -0.308 e. The van der Waals surface area contributed by atoms with E-state index in [9.17, 15) is 8.77 Å². The summed E-state index contributed by atoms with van der Waals surface area (Å²) in [5, 5.41) is 0. The maximum absolute atomic E-state index is 11.9. The summed E-state index contributed by atoms with van der Waals surface area (Å²) in [5.74, 6) is 0. The van der Waals surface area contributed by atoms with Gasteiger partial charge < -0.3 is 9.05 Å². The van der Waals surface area contributed by atoms with E-state index in [-0.39, 0.29) is 4.65 Å². The van der Waals surface area contributed by atoms with Crippen LogP contribution in [0.3, 0.4) is 0 Å². The van der Waals surface area contributed by atoms with Gasteiger partial charge in [-0.3, -0.25) is 8.77 Å². The molecule has 0 heterocycles. The van der Waals surface area contributed by atoms with Gasteiger partial charge in [-0.25, -0.2) is 0 Å². The van der Waals surface area contributed by atoms with E-state index in [2.05, 4.69) is 5.73 Å². The molecule has 0 aromatic carbocycles. The smallest absolute Gasteiger partial charge is 0.308 e. The molecule has 0 saturated carbocycles. The summed E-state index contributed by atoms with van der Waals surface area (Å²) < 4.78 is 32.7. The van der Waals surface area contributed by atoms with Crippen molar-refractivity contribution >= 4 is 18.4 Å². The first-order valence-corrected chi connectivity index (χ1v) is 6.97. The molecule has 0 amide bonds. The number of allylic oxidation sites excluding steroid dienone is 1. The van der Waals surface area contributed by atoms with E-state index in [1.807, 2.05) is 0 Å². The van der Waals surface area contributed by atoms with Crippen LogP contribution in [-0.2, 0) is 24.4 Å². The van der Waals surface area contributed by atoms with Crippen LogP contribution >= 0.6 is 7.60 Å². The van der Waals surface area contributed by atoms with Crippen LogP contribution in [0.25, 0.3) is 0 Å². The summed E-state index contributed by atoms with van der Waals surface area (Å²) in [7, 11) is -2.33. The molecule has 0 aliphatic carbocycles. The third-order valence-corrected chi connectivity index (χ3v) is 5.02. The second-order valence-electron chi connectivity index (χ2n) is 2.75. The minimum atomic E-state index is -3.42. The summed E-state index contributed by atoms with van der Waals surface area (Å²) >= 11 is 0. The maximum Gasteiger partial charge on any atom is 0.377 e. The molecule has 0 fully saturated rings. The molecule has 0 aromatic rings. The summed E-state index contributed by atoms with van der Waals surface area (Å²) in [4.78, 5) is 0. The summed E-state index contributed by atoms with van der Waals surface area (Å²) in [6.45, 7) is 3.53. The van der Waals surface area contributed by atoms with E-state index in [0.717, 1.165) is 5.57 Å². The fraction of sp³-hybridized carbons (Fsp3) is 0.625. The van der Waals surface area contributed by atoms with Gasteiger partial charge in [-0.2, -0.15) is 0 Å². The Morgan fingerprint density at radius 3 is 1.93 bits per heavy atom. The van der Waals surface area contributed by atoms with Crippen molar-refractivity contribution in [2.75, 3.05) is 20.5 Å². The second-order valence-corrected chi connectivity index (χ2v) is 6.54. The van der Waals surface area contributed by atoms with Gasteiger partial charge in [0, 0.05) is 20.5 Å². The van der Waals surface area contributed by atoms with Crippen LogP contribution in [-0.4, -0.2) is 24.7 Å². The molecule has 0 N–H and O–H groups in total. The second kappa shape index (κ2) is 5.64. The Labute approximate surface area is 87.0 Å². The predicted octanol–water partition coefficient (Wildman–Crippen LogP) is 2.26. The van der Waals surface area contributed by atoms with Crippen molar-refractivity contribution in [3.63, 3.8) is 0 Å². The standard InChI is InChI=1S/C8H15O4PS/c1-7(2)6-8(14(5)10)13(9,11-3)12-4/h1-5H3. The molecular formula is C8H15O4PS. The van der Waals surface area contributed by atoms with Crippen molar-refractivity contribution in [2.24, 2.45) is 0 Å². The van der Waals surface area contributed by atoms with Crippen molar-refractivity contribution in [3.8, 4) is 0 Å². The lowest BCUT2D eigenvalue weighted by Crippen LogP contribution is -1.97. The lowest BCUT2D eigenvalue weighted by molar-refractivity contribution is 0.285. The van der Waals surface area contributed by atoms with Crippen LogP contribution < -0.4 is 0 Å². The molecular weight excluding hydrogens is 223 g/mol. The molecule has 0 bridgehead atoms. The molecule has 0 radical (unpaired) electrons. The Kier molecular flexibility index (Phi) is 5.57. The van der Waals surface area contributed by atoms with Gasteiger partial charge in [0.25, 0.3) is 0 Å². The van der Waals surface area contributed by atoms with E-state index in [1.54, 1.807) is 13.8 Å². The van der Waals surface area contributed by atoms with Crippen LogP contribution in [0.2, 0.25) is 0 Å². The molecule has 0 saturated heterocycles. The third-order valence-electron chi connectivity index (χ3n) is 1.36. The van der Waals surface area contributed by atoms with Crippen molar-refractivity contribution in [1.82, 2.24) is 0 Å². The Bertz CT molecular complexity index is 329. The molecule has 1 unspecified atom stereocenters. The van der Waals surface area contributed by atoms with Crippen LogP contribution in [0.15, 0.2) is 16.0 Å².